The molecule has 2 heterocycles. The molecule has 18 heavy (non-hydrogen) atoms. The zero-order valence-corrected chi connectivity index (χ0v) is 10.4. The average Bonchev–Trinajstić information content (AvgIpc) is 2.82. The molecule has 3 rings (SSSR count). The van der Waals surface area contributed by atoms with Gasteiger partial charge in [0, 0.05) is 24.1 Å². The Morgan fingerprint density at radius 3 is 2.83 bits per heavy atom. The van der Waals surface area contributed by atoms with Crippen LogP contribution < -0.4 is 10.5 Å². The molecule has 0 aliphatic carbocycles. The number of hydrogen-bond donors (Lipinski definition) is 1. The zero-order valence-electron chi connectivity index (χ0n) is 9.62. The summed E-state index contributed by atoms with van der Waals surface area (Å²) in [6.07, 6.45) is 3.29. The van der Waals surface area contributed by atoms with Gasteiger partial charge in [-0.15, -0.1) is 0 Å². The molecule has 0 spiro atoms. The second kappa shape index (κ2) is 4.23. The van der Waals surface area contributed by atoms with Crippen molar-refractivity contribution in [3.8, 4) is 16.3 Å². The molecule has 3 aromatic rings. The van der Waals surface area contributed by atoms with Crippen LogP contribution in [0.4, 0.5) is 5.69 Å². The van der Waals surface area contributed by atoms with Gasteiger partial charge in [0.2, 0.25) is 0 Å². The van der Waals surface area contributed by atoms with Crippen LogP contribution in [-0.4, -0.2) is 22.1 Å². The number of nitrogens with two attached hydrogens (primary N) is 1. The van der Waals surface area contributed by atoms with Gasteiger partial charge >= 0.3 is 0 Å². The van der Waals surface area contributed by atoms with Crippen molar-refractivity contribution >= 4 is 27.5 Å². The van der Waals surface area contributed by atoms with Crippen molar-refractivity contribution in [3.05, 3.63) is 30.6 Å². The first-order valence-electron chi connectivity index (χ1n) is 5.29. The Bertz CT molecular complexity index is 677. The Morgan fingerprint density at radius 2 is 2.06 bits per heavy atom. The Kier molecular flexibility index (Phi) is 2.56. The number of nitrogen functional groups attached to an aromatic ring is 1. The van der Waals surface area contributed by atoms with Crippen LogP contribution in [0.15, 0.2) is 30.6 Å². The summed E-state index contributed by atoms with van der Waals surface area (Å²) < 4.78 is 5.32. The highest BCUT2D eigenvalue weighted by Gasteiger charge is 2.12. The van der Waals surface area contributed by atoms with E-state index >= 15 is 0 Å². The molecule has 90 valence electrons. The SMILES string of the molecule is COc1cc(N)ccc1-c1nc2nccnc2s1. The van der Waals surface area contributed by atoms with Crippen LogP contribution >= 0.6 is 11.3 Å². The van der Waals surface area contributed by atoms with Gasteiger partial charge in [0.25, 0.3) is 0 Å². The summed E-state index contributed by atoms with van der Waals surface area (Å²) in [4.78, 5) is 13.7. The van der Waals surface area contributed by atoms with E-state index in [2.05, 4.69) is 15.0 Å². The van der Waals surface area contributed by atoms with Crippen LogP contribution in [0.1, 0.15) is 0 Å². The number of anilines is 1. The number of hydrogen-bond acceptors (Lipinski definition) is 6. The maximum Gasteiger partial charge on any atom is 0.190 e. The predicted octanol–water partition coefficient (Wildman–Crippen LogP) is 2.34. The van der Waals surface area contributed by atoms with Crippen LogP contribution in [0.2, 0.25) is 0 Å². The molecule has 5 nitrogen and oxygen atoms in total. The highest BCUT2D eigenvalue weighted by molar-refractivity contribution is 7.21. The van der Waals surface area contributed by atoms with E-state index in [0.29, 0.717) is 17.1 Å². The lowest BCUT2D eigenvalue weighted by molar-refractivity contribution is 0.416. The molecule has 1 aromatic carbocycles. The smallest absolute Gasteiger partial charge is 0.190 e. The molecule has 0 unspecified atom stereocenters. The third-order valence-electron chi connectivity index (χ3n) is 2.50. The third-order valence-corrected chi connectivity index (χ3v) is 3.49. The first kappa shape index (κ1) is 10.9. The van der Waals surface area contributed by atoms with Gasteiger partial charge in [-0.3, -0.25) is 0 Å². The molecular formula is C12H10N4OS. The molecule has 0 saturated heterocycles. The lowest BCUT2D eigenvalue weighted by Crippen LogP contribution is -1.91. The minimum atomic E-state index is 0.649. The minimum absolute atomic E-state index is 0.649. The Hall–Kier alpha value is -2.21. The molecule has 2 aromatic heterocycles. The summed E-state index contributed by atoms with van der Waals surface area (Å²) in [5.74, 6) is 0.703. The topological polar surface area (TPSA) is 73.9 Å². The molecule has 6 heteroatoms. The number of fused-ring (bicyclic) bond motifs is 1. The molecule has 0 radical (unpaired) electrons. The number of methoxy groups -OCH3 is 1. The summed E-state index contributed by atoms with van der Waals surface area (Å²) >= 11 is 1.48. The van der Waals surface area contributed by atoms with E-state index in [1.165, 1.54) is 11.3 Å². The second-order valence-electron chi connectivity index (χ2n) is 3.66. The number of benzene rings is 1. The predicted molar refractivity (Wildman–Crippen MR) is 71.6 cm³/mol. The van der Waals surface area contributed by atoms with E-state index in [-0.39, 0.29) is 0 Å². The summed E-state index contributed by atoms with van der Waals surface area (Å²) in [5, 5.41) is 0.827. The fourth-order valence-electron chi connectivity index (χ4n) is 1.68. The van der Waals surface area contributed by atoms with Gasteiger partial charge in [0.1, 0.15) is 10.8 Å². The largest absolute Gasteiger partial charge is 0.496 e. The van der Waals surface area contributed by atoms with Crippen molar-refractivity contribution in [1.29, 1.82) is 0 Å². The van der Waals surface area contributed by atoms with Crippen molar-refractivity contribution in [3.63, 3.8) is 0 Å². The average molecular weight is 258 g/mol. The van der Waals surface area contributed by atoms with Gasteiger partial charge < -0.3 is 10.5 Å². The lowest BCUT2D eigenvalue weighted by Gasteiger charge is -2.06. The maximum atomic E-state index is 5.73. The van der Waals surface area contributed by atoms with Crippen LogP contribution in [0.3, 0.4) is 0 Å². The van der Waals surface area contributed by atoms with E-state index in [1.54, 1.807) is 25.6 Å². The molecule has 0 fully saturated rings. The van der Waals surface area contributed by atoms with Crippen LogP contribution in [0, 0.1) is 0 Å². The maximum absolute atomic E-state index is 5.73. The first-order valence-corrected chi connectivity index (χ1v) is 6.11. The van der Waals surface area contributed by atoms with Gasteiger partial charge in [0.05, 0.1) is 12.7 Å². The molecular weight excluding hydrogens is 248 g/mol. The molecule has 0 atom stereocenters. The number of nitrogens with zero attached hydrogens (tertiary/aromatic N) is 3. The van der Waals surface area contributed by atoms with E-state index in [9.17, 15) is 0 Å². The molecule has 0 bridgehead atoms. The van der Waals surface area contributed by atoms with Gasteiger partial charge in [-0.2, -0.15) is 0 Å². The van der Waals surface area contributed by atoms with Crippen molar-refractivity contribution in [2.75, 3.05) is 12.8 Å². The number of aromatic nitrogens is 3. The number of thiazole rings is 1. The Labute approximate surface area is 107 Å². The quantitative estimate of drug-likeness (QED) is 0.714. The van der Waals surface area contributed by atoms with Crippen LogP contribution in [0.5, 0.6) is 5.75 Å². The first-order chi connectivity index (χ1) is 8.78. The third kappa shape index (κ3) is 1.76. The monoisotopic (exact) mass is 258 g/mol. The van der Waals surface area contributed by atoms with Gasteiger partial charge in [-0.1, -0.05) is 11.3 Å². The molecule has 0 saturated carbocycles. The van der Waals surface area contributed by atoms with Crippen molar-refractivity contribution in [1.82, 2.24) is 15.0 Å². The Morgan fingerprint density at radius 1 is 1.22 bits per heavy atom. The van der Waals surface area contributed by atoms with Crippen molar-refractivity contribution in [2.24, 2.45) is 0 Å². The van der Waals surface area contributed by atoms with Crippen LogP contribution in [-0.2, 0) is 0 Å². The summed E-state index contributed by atoms with van der Waals surface area (Å²) in [7, 11) is 1.61. The summed E-state index contributed by atoms with van der Waals surface area (Å²) in [5.41, 5.74) is 7.94. The summed E-state index contributed by atoms with van der Waals surface area (Å²) in [6.45, 7) is 0. The highest BCUT2D eigenvalue weighted by atomic mass is 32.1. The fourth-order valence-corrected chi connectivity index (χ4v) is 2.57. The molecule has 0 aliphatic rings. The molecule has 0 aliphatic heterocycles. The van der Waals surface area contributed by atoms with E-state index in [4.69, 9.17) is 10.5 Å². The van der Waals surface area contributed by atoms with E-state index in [1.807, 2.05) is 12.1 Å². The summed E-state index contributed by atoms with van der Waals surface area (Å²) in [6, 6.07) is 5.50. The molecule has 2 N–H and O–H groups in total. The van der Waals surface area contributed by atoms with Gasteiger partial charge in [-0.05, 0) is 12.1 Å². The van der Waals surface area contributed by atoms with Crippen molar-refractivity contribution in [2.45, 2.75) is 0 Å². The van der Waals surface area contributed by atoms with Gasteiger partial charge in [0.15, 0.2) is 10.5 Å². The zero-order chi connectivity index (χ0) is 12.5. The fraction of sp³-hybridized carbons (Fsp3) is 0.0833. The van der Waals surface area contributed by atoms with E-state index in [0.717, 1.165) is 15.4 Å². The van der Waals surface area contributed by atoms with E-state index < -0.39 is 0 Å². The van der Waals surface area contributed by atoms with Crippen molar-refractivity contribution < 1.29 is 4.74 Å². The number of ether oxygens (including phenoxy) is 1. The van der Waals surface area contributed by atoms with Gasteiger partial charge in [-0.25, -0.2) is 15.0 Å². The van der Waals surface area contributed by atoms with Crippen LogP contribution in [0.25, 0.3) is 21.0 Å². The Balaban J connectivity index is 2.19. The normalized spacial score (nSPS) is 10.7. The minimum Gasteiger partial charge on any atom is -0.496 e. The lowest BCUT2D eigenvalue weighted by atomic mass is 10.2. The molecule has 0 amide bonds. The highest BCUT2D eigenvalue weighted by Crippen LogP contribution is 2.35. The standard InChI is InChI=1S/C12H10N4OS/c1-17-9-6-7(13)2-3-8(9)11-16-10-12(18-11)15-5-4-14-10/h2-6H,13H2,1H3. The second-order valence-corrected chi connectivity index (χ2v) is 4.64. The number of rotatable bonds is 2.